The van der Waals surface area contributed by atoms with Crippen molar-refractivity contribution in [3.8, 4) is 0 Å². The Morgan fingerprint density at radius 3 is 2.67 bits per heavy atom. The second kappa shape index (κ2) is 4.65. The lowest BCUT2D eigenvalue weighted by Gasteiger charge is -2.17. The van der Waals surface area contributed by atoms with Gasteiger partial charge in [0.2, 0.25) is 0 Å². The van der Waals surface area contributed by atoms with Gasteiger partial charge in [0.1, 0.15) is 0 Å². The van der Waals surface area contributed by atoms with Crippen molar-refractivity contribution in [2.45, 2.75) is 39.3 Å². The molecule has 15 heavy (non-hydrogen) atoms. The molecule has 4 heteroatoms. The zero-order valence-corrected chi connectivity index (χ0v) is 11.4. The van der Waals surface area contributed by atoms with Crippen LogP contribution in [0.4, 0.5) is 0 Å². The van der Waals surface area contributed by atoms with Crippen LogP contribution in [-0.2, 0) is 6.54 Å². The molecule has 0 fully saturated rings. The third-order valence-electron chi connectivity index (χ3n) is 2.20. The molecule has 1 aromatic heterocycles. The second-order valence-corrected chi connectivity index (χ2v) is 5.65. The fraction of sp³-hybridized carbons (Fsp3) is 0.545. The van der Waals surface area contributed by atoms with E-state index in [0.29, 0.717) is 13.0 Å². The largest absolute Gasteiger partial charge is 0.390 e. The van der Waals surface area contributed by atoms with Gasteiger partial charge in [-0.1, -0.05) is 0 Å². The van der Waals surface area contributed by atoms with E-state index in [-0.39, 0.29) is 5.56 Å². The molecule has 0 spiro atoms. The van der Waals surface area contributed by atoms with E-state index in [0.717, 1.165) is 9.13 Å². The Morgan fingerprint density at radius 2 is 2.13 bits per heavy atom. The number of rotatable bonds is 3. The van der Waals surface area contributed by atoms with Crippen LogP contribution in [-0.4, -0.2) is 15.3 Å². The van der Waals surface area contributed by atoms with Crippen LogP contribution in [0.25, 0.3) is 0 Å². The summed E-state index contributed by atoms with van der Waals surface area (Å²) >= 11 is 2.19. The smallest absolute Gasteiger partial charge is 0.253 e. The fourth-order valence-electron chi connectivity index (χ4n) is 1.30. The zero-order chi connectivity index (χ0) is 11.6. The normalized spacial score (nSPS) is 11.8. The fourth-order valence-corrected chi connectivity index (χ4v) is 2.10. The van der Waals surface area contributed by atoms with E-state index in [9.17, 15) is 9.90 Å². The van der Waals surface area contributed by atoms with Gasteiger partial charge in [0.15, 0.2) is 0 Å². The molecule has 0 amide bonds. The van der Waals surface area contributed by atoms with E-state index in [1.54, 1.807) is 18.4 Å². The van der Waals surface area contributed by atoms with Gasteiger partial charge in [-0.2, -0.15) is 0 Å². The number of pyridine rings is 1. The van der Waals surface area contributed by atoms with Crippen LogP contribution >= 0.6 is 22.6 Å². The lowest BCUT2D eigenvalue weighted by Crippen LogP contribution is -2.27. The molecule has 0 aliphatic rings. The second-order valence-electron chi connectivity index (χ2n) is 4.40. The third-order valence-corrected chi connectivity index (χ3v) is 2.79. The molecule has 0 aromatic carbocycles. The monoisotopic (exact) mass is 321 g/mol. The molecule has 0 aliphatic heterocycles. The minimum Gasteiger partial charge on any atom is -0.390 e. The average Bonchev–Trinajstić information content (AvgIpc) is 2.07. The van der Waals surface area contributed by atoms with Gasteiger partial charge >= 0.3 is 0 Å². The van der Waals surface area contributed by atoms with Gasteiger partial charge in [-0.3, -0.25) is 4.79 Å². The Morgan fingerprint density at radius 1 is 1.53 bits per heavy atom. The number of aliphatic hydroxyl groups is 1. The first-order valence-electron chi connectivity index (χ1n) is 4.88. The molecule has 0 saturated heterocycles. The molecule has 0 radical (unpaired) electrons. The molecule has 0 aliphatic carbocycles. The van der Waals surface area contributed by atoms with Crippen LogP contribution < -0.4 is 5.56 Å². The average molecular weight is 321 g/mol. The summed E-state index contributed by atoms with van der Waals surface area (Å²) < 4.78 is 2.70. The number of halogens is 1. The molecule has 3 nitrogen and oxygen atoms in total. The summed E-state index contributed by atoms with van der Waals surface area (Å²) in [5.41, 5.74) is 0.0477. The number of hydrogen-bond donors (Lipinski definition) is 1. The Balaban J connectivity index is 2.91. The van der Waals surface area contributed by atoms with Crippen LogP contribution in [0.1, 0.15) is 25.8 Å². The number of nitrogens with zero attached hydrogens (tertiary/aromatic N) is 1. The first-order chi connectivity index (χ1) is 6.79. The van der Waals surface area contributed by atoms with E-state index in [1.165, 1.54) is 0 Å². The standard InChI is InChI=1S/C11H16INO2/c1-8-6-9(12)7-13(10(8)14)5-4-11(2,3)15/h6-7,15H,4-5H2,1-3H3. The summed E-state index contributed by atoms with van der Waals surface area (Å²) in [6.45, 7) is 5.86. The lowest BCUT2D eigenvalue weighted by molar-refractivity contribution is 0.0659. The molecule has 84 valence electrons. The SMILES string of the molecule is Cc1cc(I)cn(CCC(C)(C)O)c1=O. The highest BCUT2D eigenvalue weighted by atomic mass is 127. The first kappa shape index (κ1) is 12.7. The quantitative estimate of drug-likeness (QED) is 0.865. The van der Waals surface area contributed by atoms with Gasteiger partial charge in [-0.05, 0) is 55.8 Å². The molecule has 0 saturated carbocycles. The van der Waals surface area contributed by atoms with Crippen molar-refractivity contribution in [3.05, 3.63) is 31.8 Å². The van der Waals surface area contributed by atoms with E-state index in [1.807, 2.05) is 19.2 Å². The summed E-state index contributed by atoms with van der Waals surface area (Å²) in [5, 5.41) is 9.59. The summed E-state index contributed by atoms with van der Waals surface area (Å²) in [5.74, 6) is 0. The molecule has 1 N–H and O–H groups in total. The summed E-state index contributed by atoms with van der Waals surface area (Å²) in [7, 11) is 0. The Bertz CT molecular complexity index is 404. The van der Waals surface area contributed by atoms with Gasteiger partial charge in [-0.25, -0.2) is 0 Å². The van der Waals surface area contributed by atoms with Crippen molar-refractivity contribution in [1.82, 2.24) is 4.57 Å². The summed E-state index contributed by atoms with van der Waals surface area (Å²) in [6, 6.07) is 1.86. The van der Waals surface area contributed by atoms with E-state index >= 15 is 0 Å². The lowest BCUT2D eigenvalue weighted by atomic mass is 10.1. The number of aromatic nitrogens is 1. The van der Waals surface area contributed by atoms with Crippen LogP contribution in [0.2, 0.25) is 0 Å². The third kappa shape index (κ3) is 3.95. The maximum atomic E-state index is 11.7. The van der Waals surface area contributed by atoms with Crippen LogP contribution in [0.15, 0.2) is 17.1 Å². The van der Waals surface area contributed by atoms with Crippen molar-refractivity contribution in [2.24, 2.45) is 0 Å². The minimum atomic E-state index is -0.728. The summed E-state index contributed by atoms with van der Waals surface area (Å²) in [4.78, 5) is 11.7. The van der Waals surface area contributed by atoms with E-state index in [4.69, 9.17) is 0 Å². The van der Waals surface area contributed by atoms with Crippen LogP contribution in [0, 0.1) is 10.5 Å². The van der Waals surface area contributed by atoms with Crippen molar-refractivity contribution in [2.75, 3.05) is 0 Å². The first-order valence-corrected chi connectivity index (χ1v) is 5.96. The predicted molar refractivity (Wildman–Crippen MR) is 69.1 cm³/mol. The highest BCUT2D eigenvalue weighted by molar-refractivity contribution is 14.1. The Hall–Kier alpha value is -0.360. The summed E-state index contributed by atoms with van der Waals surface area (Å²) in [6.07, 6.45) is 2.40. The molecular formula is C11H16INO2. The van der Waals surface area contributed by atoms with Crippen LogP contribution in [0.3, 0.4) is 0 Å². The van der Waals surface area contributed by atoms with Crippen molar-refractivity contribution >= 4 is 22.6 Å². The van der Waals surface area contributed by atoms with Gasteiger partial charge in [0.05, 0.1) is 5.60 Å². The number of hydrogen-bond acceptors (Lipinski definition) is 2. The Kier molecular flexibility index (Phi) is 3.94. The van der Waals surface area contributed by atoms with Crippen molar-refractivity contribution in [3.63, 3.8) is 0 Å². The molecule has 1 rings (SSSR count). The van der Waals surface area contributed by atoms with Gasteiger partial charge < -0.3 is 9.67 Å². The van der Waals surface area contributed by atoms with Crippen molar-refractivity contribution in [1.29, 1.82) is 0 Å². The molecule has 1 aromatic rings. The molecular weight excluding hydrogens is 305 g/mol. The maximum absolute atomic E-state index is 11.7. The van der Waals surface area contributed by atoms with E-state index < -0.39 is 5.60 Å². The molecule has 1 heterocycles. The predicted octanol–water partition coefficient (Wildman–Crippen LogP) is 1.92. The van der Waals surface area contributed by atoms with Crippen LogP contribution in [0.5, 0.6) is 0 Å². The Labute approximate surface area is 103 Å². The maximum Gasteiger partial charge on any atom is 0.253 e. The topological polar surface area (TPSA) is 42.2 Å². The van der Waals surface area contributed by atoms with Gasteiger partial charge in [0, 0.05) is 21.9 Å². The van der Waals surface area contributed by atoms with Gasteiger partial charge in [-0.15, -0.1) is 0 Å². The minimum absolute atomic E-state index is 0.0275. The molecule has 0 unspecified atom stereocenters. The highest BCUT2D eigenvalue weighted by Crippen LogP contribution is 2.09. The van der Waals surface area contributed by atoms with E-state index in [2.05, 4.69) is 22.6 Å². The molecule has 0 atom stereocenters. The zero-order valence-electron chi connectivity index (χ0n) is 9.25. The number of aryl methyl sites for hydroxylation is 2. The highest BCUT2D eigenvalue weighted by Gasteiger charge is 2.13. The molecule has 0 bridgehead atoms. The van der Waals surface area contributed by atoms with Crippen molar-refractivity contribution < 1.29 is 5.11 Å². The van der Waals surface area contributed by atoms with Gasteiger partial charge in [0.25, 0.3) is 5.56 Å².